The van der Waals surface area contributed by atoms with Gasteiger partial charge < -0.3 is 19.0 Å². The second-order valence-electron chi connectivity index (χ2n) is 8.99. The van der Waals surface area contributed by atoms with Gasteiger partial charge >= 0.3 is 6.43 Å². The Morgan fingerprint density at radius 1 is 1.20 bits per heavy atom. The summed E-state index contributed by atoms with van der Waals surface area (Å²) in [6.07, 6.45) is 0.826. The molecule has 1 aliphatic heterocycles. The minimum Gasteiger partial charge on any atom is -0.427 e. The molecule has 10 heteroatoms. The minimum atomic E-state index is -2.82. The van der Waals surface area contributed by atoms with E-state index in [1.165, 1.54) is 11.8 Å². The number of pyridine rings is 1. The molecule has 1 saturated heterocycles. The van der Waals surface area contributed by atoms with E-state index in [1.54, 1.807) is 12.1 Å². The topological polar surface area (TPSA) is 84.6 Å². The molecule has 0 amide bonds. The lowest BCUT2D eigenvalue weighted by Crippen LogP contribution is -2.37. The fraction of sp³-hybridized carbons (Fsp3) is 0.440. The average Bonchev–Trinajstić information content (AvgIpc) is 3.35. The summed E-state index contributed by atoms with van der Waals surface area (Å²) in [4.78, 5) is 20.0. The number of hydrogen-bond donors (Lipinski definition) is 0. The van der Waals surface area contributed by atoms with E-state index in [0.29, 0.717) is 36.3 Å². The number of likely N-dealkylation sites (tertiary alicyclic amines) is 1. The van der Waals surface area contributed by atoms with E-state index in [0.717, 1.165) is 37.3 Å². The Balaban J connectivity index is 1.45. The second-order valence-corrected chi connectivity index (χ2v) is 8.99. The van der Waals surface area contributed by atoms with E-state index in [-0.39, 0.29) is 5.89 Å². The maximum atomic E-state index is 12.7. The zero-order valence-electron chi connectivity index (χ0n) is 20.0. The lowest BCUT2D eigenvalue weighted by molar-refractivity contribution is -0.120. The Kier molecular flexibility index (Phi) is 7.70. The number of ether oxygens (including phenoxy) is 1. The summed E-state index contributed by atoms with van der Waals surface area (Å²) in [5.74, 6) is 0.209. The molecule has 1 fully saturated rings. The lowest BCUT2D eigenvalue weighted by atomic mass is 9.88. The molecule has 3 aromatic rings. The number of carbonyl (C=O) groups excluding carboxylic acids is 1. The van der Waals surface area contributed by atoms with Crippen LogP contribution in [0.15, 0.2) is 40.9 Å². The van der Waals surface area contributed by atoms with Gasteiger partial charge in [0.2, 0.25) is 5.89 Å². The van der Waals surface area contributed by atoms with Crippen molar-refractivity contribution in [3.8, 4) is 17.2 Å². The largest absolute Gasteiger partial charge is 0.427 e. The van der Waals surface area contributed by atoms with Crippen LogP contribution in [0, 0.1) is 0 Å². The monoisotopic (exact) mass is 485 g/mol. The van der Waals surface area contributed by atoms with Crippen LogP contribution in [0.1, 0.15) is 56.2 Å². The number of anilines is 1. The second kappa shape index (κ2) is 10.9. The molecule has 8 nitrogen and oxygen atoms in total. The molecule has 0 spiro atoms. The summed E-state index contributed by atoms with van der Waals surface area (Å²) in [5.41, 5.74) is 3.12. The highest BCUT2D eigenvalue weighted by Gasteiger charge is 2.23. The van der Waals surface area contributed by atoms with Gasteiger partial charge in [0.15, 0.2) is 5.75 Å². The van der Waals surface area contributed by atoms with Crippen molar-refractivity contribution >= 4 is 12.2 Å². The summed E-state index contributed by atoms with van der Waals surface area (Å²) in [6.45, 7) is 7.44. The highest BCUT2D eigenvalue weighted by Crippen LogP contribution is 2.36. The van der Waals surface area contributed by atoms with Gasteiger partial charge in [-0.05, 0) is 75.5 Å². The number of piperidine rings is 1. The molecule has 0 saturated carbocycles. The molecule has 2 aromatic heterocycles. The van der Waals surface area contributed by atoms with Gasteiger partial charge in [0.05, 0.1) is 23.5 Å². The number of nitrogens with zero attached hydrogens (tertiary/aromatic N) is 5. The number of alkyl halides is 2. The molecule has 0 atom stereocenters. The normalized spacial score (nSPS) is 15.1. The van der Waals surface area contributed by atoms with Gasteiger partial charge in [0, 0.05) is 19.3 Å². The third kappa shape index (κ3) is 5.82. The zero-order valence-corrected chi connectivity index (χ0v) is 20.0. The Morgan fingerprint density at radius 2 is 1.97 bits per heavy atom. The Bertz CT molecular complexity index is 1130. The van der Waals surface area contributed by atoms with Gasteiger partial charge in [-0.15, -0.1) is 10.2 Å². The maximum absolute atomic E-state index is 12.7. The van der Waals surface area contributed by atoms with Crippen molar-refractivity contribution in [2.75, 3.05) is 25.0 Å². The summed E-state index contributed by atoms with van der Waals surface area (Å²) in [6, 6.07) is 10.0. The molecule has 3 heterocycles. The Labute approximate surface area is 202 Å². The van der Waals surface area contributed by atoms with Crippen molar-refractivity contribution < 1.29 is 22.7 Å². The highest BCUT2D eigenvalue weighted by molar-refractivity contribution is 5.63. The molecular weight excluding hydrogens is 456 g/mol. The Hall–Kier alpha value is -3.40. The fourth-order valence-corrected chi connectivity index (χ4v) is 4.41. The highest BCUT2D eigenvalue weighted by atomic mass is 19.3. The number of carbonyl (C=O) groups is 1. The third-order valence-electron chi connectivity index (χ3n) is 6.40. The molecule has 1 aromatic carbocycles. The molecule has 0 unspecified atom stereocenters. The van der Waals surface area contributed by atoms with E-state index in [9.17, 15) is 13.6 Å². The smallest absolute Gasteiger partial charge is 0.314 e. The maximum Gasteiger partial charge on any atom is 0.314 e. The van der Waals surface area contributed by atoms with Crippen molar-refractivity contribution in [2.45, 2.75) is 51.6 Å². The number of benzene rings is 1. The van der Waals surface area contributed by atoms with E-state index < -0.39 is 12.3 Å². The third-order valence-corrected chi connectivity index (χ3v) is 6.40. The number of halogens is 2. The van der Waals surface area contributed by atoms with E-state index in [2.05, 4.69) is 40.0 Å². The van der Waals surface area contributed by atoms with Gasteiger partial charge in [0.1, 0.15) is 0 Å². The van der Waals surface area contributed by atoms with Crippen LogP contribution in [0.2, 0.25) is 0 Å². The van der Waals surface area contributed by atoms with Crippen molar-refractivity contribution in [1.29, 1.82) is 0 Å². The van der Waals surface area contributed by atoms with Crippen molar-refractivity contribution in [3.63, 3.8) is 0 Å². The van der Waals surface area contributed by atoms with Crippen LogP contribution < -0.4 is 9.64 Å². The first kappa shape index (κ1) is 24.7. The number of rotatable bonds is 9. The fourth-order valence-electron chi connectivity index (χ4n) is 4.41. The van der Waals surface area contributed by atoms with E-state index >= 15 is 0 Å². The molecule has 1 aliphatic rings. The van der Waals surface area contributed by atoms with Gasteiger partial charge in [-0.25, -0.2) is 0 Å². The predicted molar refractivity (Wildman–Crippen MR) is 126 cm³/mol. The van der Waals surface area contributed by atoms with Crippen LogP contribution in [0.25, 0.3) is 11.5 Å². The molecular formula is C25H29F2N5O3. The average molecular weight is 486 g/mol. The molecule has 0 N–H and O–H groups in total. The lowest BCUT2D eigenvalue weighted by Gasteiger charge is -2.35. The van der Waals surface area contributed by atoms with Crippen LogP contribution in [0.5, 0.6) is 5.75 Å². The molecule has 186 valence electrons. The first-order valence-electron chi connectivity index (χ1n) is 11.6. The van der Waals surface area contributed by atoms with E-state index in [1.807, 2.05) is 24.1 Å². The number of aromatic nitrogens is 3. The Morgan fingerprint density at radius 3 is 2.57 bits per heavy atom. The first-order valence-corrected chi connectivity index (χ1v) is 11.6. The van der Waals surface area contributed by atoms with Crippen LogP contribution in [0.3, 0.4) is 0 Å². The quantitative estimate of drug-likeness (QED) is 0.399. The van der Waals surface area contributed by atoms with Gasteiger partial charge in [-0.3, -0.25) is 9.78 Å². The molecule has 0 aliphatic carbocycles. The summed E-state index contributed by atoms with van der Waals surface area (Å²) < 4.78 is 35.7. The predicted octanol–water partition coefficient (Wildman–Crippen LogP) is 4.83. The van der Waals surface area contributed by atoms with Crippen molar-refractivity contribution in [2.24, 2.45) is 0 Å². The van der Waals surface area contributed by atoms with Crippen molar-refractivity contribution in [3.05, 3.63) is 53.7 Å². The molecule has 0 bridgehead atoms. The van der Waals surface area contributed by atoms with Gasteiger partial charge in [0.25, 0.3) is 12.4 Å². The summed E-state index contributed by atoms with van der Waals surface area (Å²) in [7, 11) is 1.89. The minimum absolute atomic E-state index is 0.0100. The zero-order chi connectivity index (χ0) is 24.9. The summed E-state index contributed by atoms with van der Waals surface area (Å²) in [5, 5.41) is 6.97. The van der Waals surface area contributed by atoms with Gasteiger partial charge in [-0.1, -0.05) is 6.07 Å². The van der Waals surface area contributed by atoms with Crippen LogP contribution in [-0.2, 0) is 11.3 Å². The first-order chi connectivity index (χ1) is 16.9. The molecule has 4 rings (SSSR count). The standard InChI is InChI=1S/C25H29F2N5O3/c1-16(2)32-10-8-17(9-11-32)18-5-7-21(22(12-18)34-15-33)31(3)14-20-6-4-19(13-28-20)24-29-30-25(35-24)23(26)27/h4-7,12-13,15-17,23H,8-11,14H2,1-3H3. The molecule has 0 radical (unpaired) electrons. The molecule has 35 heavy (non-hydrogen) atoms. The SMILES string of the molecule is CC(C)N1CCC(c2ccc(N(C)Cc3ccc(-c4nnc(C(F)F)o4)cn3)c(OC=O)c2)CC1. The van der Waals surface area contributed by atoms with Crippen LogP contribution in [-0.4, -0.2) is 52.7 Å². The van der Waals surface area contributed by atoms with Crippen molar-refractivity contribution in [1.82, 2.24) is 20.1 Å². The summed E-state index contributed by atoms with van der Waals surface area (Å²) >= 11 is 0. The van der Waals surface area contributed by atoms with Crippen LogP contribution >= 0.6 is 0 Å². The van der Waals surface area contributed by atoms with E-state index in [4.69, 9.17) is 9.15 Å². The van der Waals surface area contributed by atoms with Crippen LogP contribution in [0.4, 0.5) is 14.5 Å². The van der Waals surface area contributed by atoms with Gasteiger partial charge in [-0.2, -0.15) is 8.78 Å². The number of hydrogen-bond acceptors (Lipinski definition) is 8.